The molecule has 0 spiro atoms. The van der Waals surface area contributed by atoms with Crippen LogP contribution >= 0.6 is 15.9 Å². The van der Waals surface area contributed by atoms with Gasteiger partial charge in [-0.15, -0.1) is 0 Å². The summed E-state index contributed by atoms with van der Waals surface area (Å²) in [6.45, 7) is 5.81. The topological polar surface area (TPSA) is 12.0 Å². The third kappa shape index (κ3) is 4.10. The lowest BCUT2D eigenvalue weighted by Gasteiger charge is -2.25. The minimum Gasteiger partial charge on any atom is -0.313 e. The van der Waals surface area contributed by atoms with Crippen LogP contribution in [-0.4, -0.2) is 12.6 Å². The molecule has 0 radical (unpaired) electrons. The van der Waals surface area contributed by atoms with Crippen LogP contribution in [0.1, 0.15) is 51.0 Å². The maximum atomic E-state index is 3.70. The summed E-state index contributed by atoms with van der Waals surface area (Å²) in [4.78, 5) is 0. The first-order valence-electron chi connectivity index (χ1n) is 7.19. The smallest absolute Gasteiger partial charge is 0.0175 e. The van der Waals surface area contributed by atoms with Gasteiger partial charge in [0.25, 0.3) is 0 Å². The first-order chi connectivity index (χ1) is 8.70. The molecular weight excluding hydrogens is 286 g/mol. The van der Waals surface area contributed by atoms with Gasteiger partial charge in [0, 0.05) is 17.1 Å². The Morgan fingerprint density at radius 3 is 2.50 bits per heavy atom. The Hall–Kier alpha value is -0.340. The molecule has 0 aliphatic heterocycles. The summed E-state index contributed by atoms with van der Waals surface area (Å²) in [6, 6.07) is 9.68. The van der Waals surface area contributed by atoms with Gasteiger partial charge in [-0.3, -0.25) is 0 Å². The van der Waals surface area contributed by atoms with Crippen LogP contribution in [0.2, 0.25) is 0 Å². The zero-order chi connectivity index (χ0) is 13.0. The van der Waals surface area contributed by atoms with Crippen LogP contribution in [0.4, 0.5) is 0 Å². The third-order valence-corrected chi connectivity index (χ3v) is 4.46. The second kappa shape index (κ2) is 6.72. The Morgan fingerprint density at radius 1 is 1.28 bits per heavy atom. The van der Waals surface area contributed by atoms with Crippen LogP contribution in [0.3, 0.4) is 0 Å². The summed E-state index contributed by atoms with van der Waals surface area (Å²) in [5.74, 6) is 1.40. The van der Waals surface area contributed by atoms with Crippen molar-refractivity contribution < 1.29 is 0 Å². The maximum absolute atomic E-state index is 3.70. The van der Waals surface area contributed by atoms with Crippen molar-refractivity contribution in [1.29, 1.82) is 0 Å². The van der Waals surface area contributed by atoms with Gasteiger partial charge in [-0.25, -0.2) is 0 Å². The summed E-state index contributed by atoms with van der Waals surface area (Å²) in [7, 11) is 0. The Labute approximate surface area is 119 Å². The average Bonchev–Trinajstić information content (AvgIpc) is 3.16. The van der Waals surface area contributed by atoms with Crippen molar-refractivity contribution in [2.75, 3.05) is 6.54 Å². The van der Waals surface area contributed by atoms with Gasteiger partial charge in [0.2, 0.25) is 0 Å². The minimum absolute atomic E-state index is 0.652. The molecule has 2 unspecified atom stereocenters. The van der Waals surface area contributed by atoms with E-state index in [1.807, 2.05) is 0 Å². The molecule has 0 aromatic heterocycles. The van der Waals surface area contributed by atoms with Crippen LogP contribution in [-0.2, 0) is 0 Å². The lowest BCUT2D eigenvalue weighted by atomic mass is 9.84. The Bertz CT molecular complexity index is 356. The molecule has 1 aromatic carbocycles. The summed E-state index contributed by atoms with van der Waals surface area (Å²) in [5, 5.41) is 3.70. The first-order valence-corrected chi connectivity index (χ1v) is 7.99. The number of rotatable bonds is 7. The number of hydrogen-bond acceptors (Lipinski definition) is 1. The molecule has 1 N–H and O–H groups in total. The Kier molecular flexibility index (Phi) is 5.25. The van der Waals surface area contributed by atoms with E-state index >= 15 is 0 Å². The molecule has 0 bridgehead atoms. The van der Waals surface area contributed by atoms with Crippen LogP contribution < -0.4 is 5.32 Å². The van der Waals surface area contributed by atoms with E-state index in [0.717, 1.165) is 18.5 Å². The molecule has 100 valence electrons. The van der Waals surface area contributed by atoms with Gasteiger partial charge >= 0.3 is 0 Å². The SMILES string of the molecule is CCCC(C)C(CNC1CC1)c1ccc(Br)cc1. The van der Waals surface area contributed by atoms with Gasteiger partial charge in [0.05, 0.1) is 0 Å². The molecule has 2 rings (SSSR count). The number of benzene rings is 1. The quantitative estimate of drug-likeness (QED) is 0.768. The zero-order valence-electron chi connectivity index (χ0n) is 11.5. The van der Waals surface area contributed by atoms with Crippen molar-refractivity contribution >= 4 is 15.9 Å². The fourth-order valence-electron chi connectivity index (χ4n) is 2.60. The highest BCUT2D eigenvalue weighted by molar-refractivity contribution is 9.10. The highest BCUT2D eigenvalue weighted by atomic mass is 79.9. The molecular formula is C16H24BrN. The van der Waals surface area contributed by atoms with E-state index in [9.17, 15) is 0 Å². The summed E-state index contributed by atoms with van der Waals surface area (Å²) >= 11 is 3.52. The fourth-order valence-corrected chi connectivity index (χ4v) is 2.86. The lowest BCUT2D eigenvalue weighted by molar-refractivity contribution is 0.402. The van der Waals surface area contributed by atoms with Gasteiger partial charge in [-0.1, -0.05) is 54.8 Å². The van der Waals surface area contributed by atoms with Crippen molar-refractivity contribution in [3.63, 3.8) is 0 Å². The normalized spacial score (nSPS) is 18.6. The van der Waals surface area contributed by atoms with Gasteiger partial charge < -0.3 is 5.32 Å². The number of halogens is 1. The monoisotopic (exact) mass is 309 g/mol. The summed E-state index contributed by atoms with van der Waals surface area (Å²) < 4.78 is 1.17. The van der Waals surface area contributed by atoms with Gasteiger partial charge in [0.15, 0.2) is 0 Å². The number of nitrogens with one attached hydrogen (secondary N) is 1. The molecule has 18 heavy (non-hydrogen) atoms. The van der Waals surface area contributed by atoms with Gasteiger partial charge in [0.1, 0.15) is 0 Å². The van der Waals surface area contributed by atoms with E-state index in [4.69, 9.17) is 0 Å². The molecule has 0 heterocycles. The van der Waals surface area contributed by atoms with Crippen LogP contribution in [0.25, 0.3) is 0 Å². The van der Waals surface area contributed by atoms with E-state index in [1.54, 1.807) is 0 Å². The van der Waals surface area contributed by atoms with Gasteiger partial charge in [-0.05, 0) is 42.4 Å². The molecule has 0 saturated heterocycles. The lowest BCUT2D eigenvalue weighted by Crippen LogP contribution is -2.27. The van der Waals surface area contributed by atoms with Crippen molar-refractivity contribution in [2.45, 2.75) is 51.5 Å². The summed E-state index contributed by atoms with van der Waals surface area (Å²) in [5.41, 5.74) is 1.48. The van der Waals surface area contributed by atoms with Crippen LogP contribution in [0.5, 0.6) is 0 Å². The van der Waals surface area contributed by atoms with Crippen molar-refractivity contribution in [3.05, 3.63) is 34.3 Å². The second-order valence-electron chi connectivity index (χ2n) is 5.61. The molecule has 1 aromatic rings. The summed E-state index contributed by atoms with van der Waals surface area (Å²) in [6.07, 6.45) is 5.33. The van der Waals surface area contributed by atoms with Crippen molar-refractivity contribution in [1.82, 2.24) is 5.32 Å². The molecule has 1 fully saturated rings. The fraction of sp³-hybridized carbons (Fsp3) is 0.625. The average molecular weight is 310 g/mol. The molecule has 1 aliphatic carbocycles. The molecule has 1 aliphatic rings. The molecule has 2 heteroatoms. The maximum Gasteiger partial charge on any atom is 0.0175 e. The standard InChI is InChI=1S/C16H24BrN/c1-3-4-12(2)16(11-18-15-9-10-15)13-5-7-14(17)8-6-13/h5-8,12,15-16,18H,3-4,9-11H2,1-2H3. The molecule has 1 saturated carbocycles. The van der Waals surface area contributed by atoms with Crippen LogP contribution in [0, 0.1) is 5.92 Å². The predicted octanol–water partition coefficient (Wildman–Crippen LogP) is 4.72. The Balaban J connectivity index is 2.03. The van der Waals surface area contributed by atoms with E-state index in [0.29, 0.717) is 5.92 Å². The largest absolute Gasteiger partial charge is 0.313 e. The molecule has 0 amide bonds. The second-order valence-corrected chi connectivity index (χ2v) is 6.52. The van der Waals surface area contributed by atoms with Crippen molar-refractivity contribution in [2.24, 2.45) is 5.92 Å². The van der Waals surface area contributed by atoms with Crippen LogP contribution in [0.15, 0.2) is 28.7 Å². The Morgan fingerprint density at radius 2 is 1.94 bits per heavy atom. The minimum atomic E-state index is 0.652. The van der Waals surface area contributed by atoms with E-state index in [1.165, 1.54) is 35.7 Å². The van der Waals surface area contributed by atoms with E-state index in [2.05, 4.69) is 59.4 Å². The van der Waals surface area contributed by atoms with Crippen molar-refractivity contribution in [3.8, 4) is 0 Å². The number of hydrogen-bond donors (Lipinski definition) is 1. The predicted molar refractivity (Wildman–Crippen MR) is 82.0 cm³/mol. The van der Waals surface area contributed by atoms with Gasteiger partial charge in [-0.2, -0.15) is 0 Å². The third-order valence-electron chi connectivity index (χ3n) is 3.93. The first kappa shape index (κ1) is 14.1. The molecule has 2 atom stereocenters. The zero-order valence-corrected chi connectivity index (χ0v) is 13.0. The molecule has 1 nitrogen and oxygen atoms in total. The highest BCUT2D eigenvalue weighted by Gasteiger charge is 2.24. The van der Waals surface area contributed by atoms with E-state index < -0.39 is 0 Å². The van der Waals surface area contributed by atoms with E-state index in [-0.39, 0.29) is 0 Å². The highest BCUT2D eigenvalue weighted by Crippen LogP contribution is 2.30.